The molecule has 154 valence electrons. The Balaban J connectivity index is 1.41. The van der Waals surface area contributed by atoms with Gasteiger partial charge in [-0.15, -0.1) is 0 Å². The molecule has 3 aliphatic rings. The zero-order valence-corrected chi connectivity index (χ0v) is 16.8. The van der Waals surface area contributed by atoms with Gasteiger partial charge in [0, 0.05) is 38.8 Å². The number of hydrogen-bond donors (Lipinski definition) is 1. The Labute approximate surface area is 169 Å². The van der Waals surface area contributed by atoms with Gasteiger partial charge in [-0.3, -0.25) is 0 Å². The highest BCUT2D eigenvalue weighted by molar-refractivity contribution is 7.86. The van der Waals surface area contributed by atoms with Crippen LogP contribution in [0.5, 0.6) is 0 Å². The standard InChI is InChI=1S/C18H23N7O3S/c19-5-1-7-24(14-10-28-11-14)29(26,27)25-9-8-23(12-18(25)3-4-18)17-15-2-6-20-16(15)21-13-22-17/h2,6,13-14H,1,3-4,7-12H2,(H,20,21,22). The zero-order chi connectivity index (χ0) is 20.1. The Kier molecular flexibility index (Phi) is 4.47. The highest BCUT2D eigenvalue weighted by Crippen LogP contribution is 2.47. The lowest BCUT2D eigenvalue weighted by molar-refractivity contribution is -0.0384. The van der Waals surface area contributed by atoms with Crippen molar-refractivity contribution in [1.29, 1.82) is 5.26 Å². The number of hydrogen-bond acceptors (Lipinski definition) is 7. The van der Waals surface area contributed by atoms with Crippen molar-refractivity contribution in [3.63, 3.8) is 0 Å². The van der Waals surface area contributed by atoms with Gasteiger partial charge in [-0.05, 0) is 18.9 Å². The molecule has 2 aromatic rings. The van der Waals surface area contributed by atoms with E-state index in [9.17, 15) is 8.42 Å². The van der Waals surface area contributed by atoms with Gasteiger partial charge in [0.1, 0.15) is 17.8 Å². The van der Waals surface area contributed by atoms with Gasteiger partial charge in [-0.2, -0.15) is 22.3 Å². The third-order valence-electron chi connectivity index (χ3n) is 6.09. The molecule has 3 fully saturated rings. The number of H-pyrrole nitrogens is 1. The minimum Gasteiger partial charge on any atom is -0.378 e. The lowest BCUT2D eigenvalue weighted by Gasteiger charge is -2.45. The number of anilines is 1. The van der Waals surface area contributed by atoms with Crippen LogP contribution in [0.2, 0.25) is 0 Å². The van der Waals surface area contributed by atoms with Gasteiger partial charge in [0.15, 0.2) is 0 Å². The van der Waals surface area contributed by atoms with E-state index in [0.717, 1.165) is 29.7 Å². The van der Waals surface area contributed by atoms with Crippen LogP contribution in [-0.4, -0.2) is 83.0 Å². The minimum atomic E-state index is -3.67. The topological polar surface area (TPSA) is 118 Å². The highest BCUT2D eigenvalue weighted by atomic mass is 32.2. The number of aromatic nitrogens is 3. The van der Waals surface area contributed by atoms with Gasteiger partial charge in [-0.25, -0.2) is 9.97 Å². The lowest BCUT2D eigenvalue weighted by atomic mass is 10.2. The fourth-order valence-electron chi connectivity index (χ4n) is 4.33. The Morgan fingerprint density at radius 3 is 2.86 bits per heavy atom. The van der Waals surface area contributed by atoms with Gasteiger partial charge in [-0.1, -0.05) is 0 Å². The summed E-state index contributed by atoms with van der Waals surface area (Å²) >= 11 is 0. The van der Waals surface area contributed by atoms with Crippen LogP contribution in [0.3, 0.4) is 0 Å². The van der Waals surface area contributed by atoms with E-state index in [1.54, 1.807) is 4.31 Å². The first-order chi connectivity index (χ1) is 14.0. The average Bonchev–Trinajstić information content (AvgIpc) is 3.25. The number of aromatic amines is 1. The van der Waals surface area contributed by atoms with Crippen molar-refractivity contribution in [2.45, 2.75) is 30.8 Å². The predicted molar refractivity (Wildman–Crippen MR) is 105 cm³/mol. The average molecular weight is 417 g/mol. The molecule has 1 aliphatic carbocycles. The summed E-state index contributed by atoms with van der Waals surface area (Å²) in [4.78, 5) is 14.0. The number of fused-ring (bicyclic) bond motifs is 1. The van der Waals surface area contributed by atoms with Crippen LogP contribution >= 0.6 is 0 Å². The van der Waals surface area contributed by atoms with Gasteiger partial charge in [0.05, 0.1) is 36.2 Å². The van der Waals surface area contributed by atoms with E-state index in [2.05, 4.69) is 25.9 Å². The smallest absolute Gasteiger partial charge is 0.283 e. The van der Waals surface area contributed by atoms with Crippen molar-refractivity contribution in [2.75, 3.05) is 44.3 Å². The van der Waals surface area contributed by atoms with Crippen LogP contribution in [0.1, 0.15) is 19.3 Å². The third-order valence-corrected chi connectivity index (χ3v) is 8.29. The Morgan fingerprint density at radius 1 is 1.34 bits per heavy atom. The molecule has 0 atom stereocenters. The Bertz CT molecular complexity index is 1050. The summed E-state index contributed by atoms with van der Waals surface area (Å²) < 4.78 is 35.4. The quantitative estimate of drug-likeness (QED) is 0.726. The number of rotatable bonds is 6. The van der Waals surface area contributed by atoms with Crippen molar-refractivity contribution in [3.8, 4) is 6.07 Å². The molecule has 5 rings (SSSR count). The molecule has 10 nitrogen and oxygen atoms in total. The molecule has 4 heterocycles. The van der Waals surface area contributed by atoms with Crippen LogP contribution in [0, 0.1) is 11.3 Å². The monoisotopic (exact) mass is 417 g/mol. The SMILES string of the molecule is N#CCCN(C1COC1)S(=O)(=O)N1CCN(c2ncnc3[nH]ccc23)CC12CC2. The zero-order valence-electron chi connectivity index (χ0n) is 16.0. The molecule has 1 spiro atoms. The van der Waals surface area contributed by atoms with E-state index in [0.29, 0.717) is 32.8 Å². The first-order valence-electron chi connectivity index (χ1n) is 9.82. The molecule has 1 saturated carbocycles. The summed E-state index contributed by atoms with van der Waals surface area (Å²) in [7, 11) is -3.67. The van der Waals surface area contributed by atoms with Crippen LogP contribution < -0.4 is 4.90 Å². The van der Waals surface area contributed by atoms with Crippen molar-refractivity contribution in [2.24, 2.45) is 0 Å². The van der Waals surface area contributed by atoms with Crippen LogP contribution in [0.4, 0.5) is 5.82 Å². The summed E-state index contributed by atoms with van der Waals surface area (Å²) in [6, 6.07) is 3.84. The van der Waals surface area contributed by atoms with Crippen LogP contribution in [0.15, 0.2) is 18.6 Å². The van der Waals surface area contributed by atoms with E-state index in [1.165, 1.54) is 10.6 Å². The fourth-order valence-corrected chi connectivity index (χ4v) is 6.44. The van der Waals surface area contributed by atoms with E-state index < -0.39 is 15.7 Å². The second-order valence-electron chi connectivity index (χ2n) is 7.87. The van der Waals surface area contributed by atoms with E-state index in [1.807, 2.05) is 12.3 Å². The second kappa shape index (κ2) is 6.91. The first kappa shape index (κ1) is 18.7. The third kappa shape index (κ3) is 3.07. The summed E-state index contributed by atoms with van der Waals surface area (Å²) in [6.07, 6.45) is 5.21. The molecule has 0 radical (unpaired) electrons. The van der Waals surface area contributed by atoms with Crippen molar-refractivity contribution >= 4 is 27.1 Å². The maximum Gasteiger partial charge on any atom is 0.283 e. The van der Waals surface area contributed by atoms with Gasteiger partial charge in [0.2, 0.25) is 0 Å². The van der Waals surface area contributed by atoms with Gasteiger partial charge < -0.3 is 14.6 Å². The number of nitrogens with one attached hydrogen (secondary N) is 1. The summed E-state index contributed by atoms with van der Waals surface area (Å²) in [6.45, 7) is 2.56. The van der Waals surface area contributed by atoms with Crippen molar-refractivity contribution in [3.05, 3.63) is 18.6 Å². The molecule has 1 N–H and O–H groups in total. The molecule has 0 unspecified atom stereocenters. The lowest BCUT2D eigenvalue weighted by Crippen LogP contribution is -2.63. The molecule has 0 aromatic carbocycles. The minimum absolute atomic E-state index is 0.176. The molecule has 2 aromatic heterocycles. The number of piperazine rings is 1. The van der Waals surface area contributed by atoms with E-state index >= 15 is 0 Å². The maximum atomic E-state index is 13.5. The van der Waals surface area contributed by atoms with Gasteiger partial charge >= 0.3 is 0 Å². The molecule has 29 heavy (non-hydrogen) atoms. The Morgan fingerprint density at radius 2 is 2.17 bits per heavy atom. The maximum absolute atomic E-state index is 13.5. The summed E-state index contributed by atoms with van der Waals surface area (Å²) in [5, 5.41) is 9.92. The molecule has 2 saturated heterocycles. The van der Waals surface area contributed by atoms with Crippen molar-refractivity contribution < 1.29 is 13.2 Å². The number of nitrogens with zero attached hydrogens (tertiary/aromatic N) is 6. The number of ether oxygens (including phenoxy) is 1. The fraction of sp³-hybridized carbons (Fsp3) is 0.611. The first-order valence-corrected chi connectivity index (χ1v) is 11.2. The highest BCUT2D eigenvalue weighted by Gasteiger charge is 2.57. The van der Waals surface area contributed by atoms with E-state index in [4.69, 9.17) is 10.00 Å². The second-order valence-corrected chi connectivity index (χ2v) is 9.68. The van der Waals surface area contributed by atoms with Gasteiger partial charge in [0.25, 0.3) is 10.2 Å². The summed E-state index contributed by atoms with van der Waals surface area (Å²) in [5.74, 6) is 0.841. The summed E-state index contributed by atoms with van der Waals surface area (Å²) in [5.41, 5.74) is 0.378. The molecule has 0 bridgehead atoms. The molecule has 11 heteroatoms. The van der Waals surface area contributed by atoms with Crippen LogP contribution in [-0.2, 0) is 14.9 Å². The number of nitriles is 1. The Hall–Kier alpha value is -2.26. The van der Waals surface area contributed by atoms with E-state index in [-0.39, 0.29) is 19.0 Å². The molecule has 0 amide bonds. The largest absolute Gasteiger partial charge is 0.378 e. The van der Waals surface area contributed by atoms with Crippen LogP contribution in [0.25, 0.3) is 11.0 Å². The predicted octanol–water partition coefficient (Wildman–Crippen LogP) is 0.472. The van der Waals surface area contributed by atoms with Crippen molar-refractivity contribution in [1.82, 2.24) is 23.6 Å². The molecular weight excluding hydrogens is 394 g/mol. The normalized spacial score (nSPS) is 22.1. The molecule has 2 aliphatic heterocycles. The molecular formula is C18H23N7O3S.